The molecule has 4 heteroatoms. The van der Waals surface area contributed by atoms with Crippen LogP contribution in [-0.4, -0.2) is 31.1 Å². The summed E-state index contributed by atoms with van der Waals surface area (Å²) in [6, 6.07) is 15.1. The average Bonchev–Trinajstić information content (AvgIpc) is 2.60. The van der Waals surface area contributed by atoms with E-state index in [1.807, 2.05) is 62.4 Å². The Morgan fingerprint density at radius 1 is 1.04 bits per heavy atom. The molecule has 2 aromatic carbocycles. The Kier molecular flexibility index (Phi) is 6.03. The molecule has 1 amide bonds. The molecule has 23 heavy (non-hydrogen) atoms. The third-order valence-corrected chi connectivity index (χ3v) is 3.62. The molecule has 2 rings (SSSR count). The predicted molar refractivity (Wildman–Crippen MR) is 91.0 cm³/mol. The topological polar surface area (TPSA) is 38.8 Å². The SMILES string of the molecule is CCOc1ccccc1C(=O)N(CC)Cc1ccc(OC)cc1. The second kappa shape index (κ2) is 8.22. The molecule has 0 aliphatic rings. The summed E-state index contributed by atoms with van der Waals surface area (Å²) in [5.74, 6) is 1.42. The third kappa shape index (κ3) is 4.25. The van der Waals surface area contributed by atoms with E-state index in [9.17, 15) is 4.79 Å². The Hall–Kier alpha value is -2.49. The van der Waals surface area contributed by atoms with Crippen LogP contribution in [0.2, 0.25) is 0 Å². The summed E-state index contributed by atoms with van der Waals surface area (Å²) >= 11 is 0. The van der Waals surface area contributed by atoms with E-state index in [4.69, 9.17) is 9.47 Å². The molecular formula is C19H23NO3. The molecule has 0 unspecified atom stereocenters. The summed E-state index contributed by atoms with van der Waals surface area (Å²) in [4.78, 5) is 14.6. The van der Waals surface area contributed by atoms with Crippen molar-refractivity contribution in [3.05, 3.63) is 59.7 Å². The van der Waals surface area contributed by atoms with Gasteiger partial charge in [0.1, 0.15) is 11.5 Å². The van der Waals surface area contributed by atoms with Gasteiger partial charge in [0.15, 0.2) is 0 Å². The second-order valence-electron chi connectivity index (χ2n) is 5.10. The van der Waals surface area contributed by atoms with Crippen LogP contribution in [0, 0.1) is 0 Å². The van der Waals surface area contributed by atoms with Crippen molar-refractivity contribution >= 4 is 5.91 Å². The maximum Gasteiger partial charge on any atom is 0.257 e. The highest BCUT2D eigenvalue weighted by molar-refractivity contribution is 5.96. The maximum absolute atomic E-state index is 12.8. The fourth-order valence-electron chi connectivity index (χ4n) is 2.37. The van der Waals surface area contributed by atoms with E-state index in [1.165, 1.54) is 0 Å². The molecule has 0 radical (unpaired) electrons. The van der Waals surface area contributed by atoms with Gasteiger partial charge < -0.3 is 14.4 Å². The van der Waals surface area contributed by atoms with Gasteiger partial charge in [-0.25, -0.2) is 0 Å². The smallest absolute Gasteiger partial charge is 0.257 e. The Morgan fingerprint density at radius 3 is 2.35 bits per heavy atom. The van der Waals surface area contributed by atoms with Crippen molar-refractivity contribution in [1.29, 1.82) is 0 Å². The molecule has 0 bridgehead atoms. The lowest BCUT2D eigenvalue weighted by Gasteiger charge is -2.22. The van der Waals surface area contributed by atoms with Crippen LogP contribution in [-0.2, 0) is 6.54 Å². The molecule has 0 aromatic heterocycles. The lowest BCUT2D eigenvalue weighted by molar-refractivity contribution is 0.0748. The minimum Gasteiger partial charge on any atom is -0.497 e. The van der Waals surface area contributed by atoms with E-state index in [0.29, 0.717) is 31.0 Å². The molecule has 122 valence electrons. The Bertz CT molecular complexity index is 637. The number of para-hydroxylation sites is 1. The highest BCUT2D eigenvalue weighted by atomic mass is 16.5. The van der Waals surface area contributed by atoms with Crippen molar-refractivity contribution in [3.63, 3.8) is 0 Å². The molecule has 0 N–H and O–H groups in total. The van der Waals surface area contributed by atoms with E-state index >= 15 is 0 Å². The van der Waals surface area contributed by atoms with Gasteiger partial charge in [-0.3, -0.25) is 4.79 Å². The fraction of sp³-hybridized carbons (Fsp3) is 0.316. The fourth-order valence-corrected chi connectivity index (χ4v) is 2.37. The number of nitrogens with zero attached hydrogens (tertiary/aromatic N) is 1. The van der Waals surface area contributed by atoms with Crippen LogP contribution in [0.5, 0.6) is 11.5 Å². The summed E-state index contributed by atoms with van der Waals surface area (Å²) in [5, 5.41) is 0. The minimum absolute atomic E-state index is 0.0210. The summed E-state index contributed by atoms with van der Waals surface area (Å²) in [7, 11) is 1.64. The number of ether oxygens (including phenoxy) is 2. The zero-order valence-corrected chi connectivity index (χ0v) is 13.9. The average molecular weight is 313 g/mol. The first-order valence-electron chi connectivity index (χ1n) is 7.83. The van der Waals surface area contributed by atoms with Crippen LogP contribution in [0.15, 0.2) is 48.5 Å². The first-order valence-corrected chi connectivity index (χ1v) is 7.83. The molecule has 0 atom stereocenters. The Labute approximate surface area is 137 Å². The van der Waals surface area contributed by atoms with Crippen molar-refractivity contribution in [2.45, 2.75) is 20.4 Å². The lowest BCUT2D eigenvalue weighted by Crippen LogP contribution is -2.30. The van der Waals surface area contributed by atoms with Gasteiger partial charge in [-0.1, -0.05) is 24.3 Å². The monoisotopic (exact) mass is 313 g/mol. The number of carbonyl (C=O) groups excluding carboxylic acids is 1. The molecule has 2 aromatic rings. The van der Waals surface area contributed by atoms with Crippen molar-refractivity contribution in [2.75, 3.05) is 20.3 Å². The predicted octanol–water partition coefficient (Wildman–Crippen LogP) is 3.76. The molecule has 0 fully saturated rings. The number of methoxy groups -OCH3 is 1. The van der Waals surface area contributed by atoms with Crippen molar-refractivity contribution in [1.82, 2.24) is 4.90 Å². The number of carbonyl (C=O) groups is 1. The van der Waals surface area contributed by atoms with E-state index in [1.54, 1.807) is 12.0 Å². The van der Waals surface area contributed by atoms with E-state index in [0.717, 1.165) is 11.3 Å². The first-order chi connectivity index (χ1) is 11.2. The van der Waals surface area contributed by atoms with Gasteiger partial charge in [-0.2, -0.15) is 0 Å². The normalized spacial score (nSPS) is 10.2. The van der Waals surface area contributed by atoms with Gasteiger partial charge in [0.25, 0.3) is 5.91 Å². The summed E-state index contributed by atoms with van der Waals surface area (Å²) in [6.45, 7) is 5.61. The zero-order chi connectivity index (χ0) is 16.7. The van der Waals surface area contributed by atoms with Crippen molar-refractivity contribution in [3.8, 4) is 11.5 Å². The van der Waals surface area contributed by atoms with Crippen LogP contribution in [0.3, 0.4) is 0 Å². The van der Waals surface area contributed by atoms with Crippen LogP contribution >= 0.6 is 0 Å². The van der Waals surface area contributed by atoms with Gasteiger partial charge in [0, 0.05) is 13.1 Å². The number of amides is 1. The van der Waals surface area contributed by atoms with Crippen LogP contribution in [0.1, 0.15) is 29.8 Å². The molecule has 0 spiro atoms. The van der Waals surface area contributed by atoms with Crippen LogP contribution in [0.25, 0.3) is 0 Å². The second-order valence-corrected chi connectivity index (χ2v) is 5.10. The number of hydrogen-bond donors (Lipinski definition) is 0. The highest BCUT2D eigenvalue weighted by Gasteiger charge is 2.18. The maximum atomic E-state index is 12.8. The largest absolute Gasteiger partial charge is 0.497 e. The van der Waals surface area contributed by atoms with Gasteiger partial charge in [0.05, 0.1) is 19.3 Å². The number of hydrogen-bond acceptors (Lipinski definition) is 3. The summed E-state index contributed by atoms with van der Waals surface area (Å²) in [5.41, 5.74) is 1.67. The van der Waals surface area contributed by atoms with Crippen LogP contribution < -0.4 is 9.47 Å². The first kappa shape index (κ1) is 16.9. The van der Waals surface area contributed by atoms with Gasteiger partial charge in [-0.05, 0) is 43.7 Å². The standard InChI is InChI=1S/C19H23NO3/c1-4-20(14-15-10-12-16(22-3)13-11-15)19(21)17-8-6-7-9-18(17)23-5-2/h6-13H,4-5,14H2,1-3H3. The number of rotatable bonds is 7. The van der Waals surface area contributed by atoms with E-state index in [2.05, 4.69) is 0 Å². The third-order valence-electron chi connectivity index (χ3n) is 3.62. The van der Waals surface area contributed by atoms with E-state index < -0.39 is 0 Å². The number of benzene rings is 2. The molecule has 0 saturated heterocycles. The Balaban J connectivity index is 2.17. The minimum atomic E-state index is -0.0210. The summed E-state index contributed by atoms with van der Waals surface area (Å²) in [6.07, 6.45) is 0. The highest BCUT2D eigenvalue weighted by Crippen LogP contribution is 2.21. The van der Waals surface area contributed by atoms with Gasteiger partial charge >= 0.3 is 0 Å². The zero-order valence-electron chi connectivity index (χ0n) is 13.9. The van der Waals surface area contributed by atoms with E-state index in [-0.39, 0.29) is 5.91 Å². The molecule has 4 nitrogen and oxygen atoms in total. The molecular weight excluding hydrogens is 290 g/mol. The van der Waals surface area contributed by atoms with Crippen molar-refractivity contribution < 1.29 is 14.3 Å². The lowest BCUT2D eigenvalue weighted by atomic mass is 10.1. The van der Waals surface area contributed by atoms with Crippen LogP contribution in [0.4, 0.5) is 0 Å². The quantitative estimate of drug-likeness (QED) is 0.781. The van der Waals surface area contributed by atoms with Gasteiger partial charge in [-0.15, -0.1) is 0 Å². The Morgan fingerprint density at radius 2 is 1.74 bits per heavy atom. The van der Waals surface area contributed by atoms with Crippen molar-refractivity contribution in [2.24, 2.45) is 0 Å². The molecule has 0 aliphatic heterocycles. The van der Waals surface area contributed by atoms with Gasteiger partial charge in [0.2, 0.25) is 0 Å². The molecule has 0 saturated carbocycles. The summed E-state index contributed by atoms with van der Waals surface area (Å²) < 4.78 is 10.7. The molecule has 0 heterocycles. The molecule has 0 aliphatic carbocycles.